The quantitative estimate of drug-likeness (QED) is 0.789. The minimum Gasteiger partial charge on any atom is -0.300 e. The van der Waals surface area contributed by atoms with Gasteiger partial charge in [0.05, 0.1) is 0 Å². The highest BCUT2D eigenvalue weighted by atomic mass is 15.3. The van der Waals surface area contributed by atoms with Crippen LogP contribution in [-0.2, 0) is 6.54 Å². The molecule has 0 saturated carbocycles. The predicted octanol–water partition coefficient (Wildman–Crippen LogP) is 3.05. The summed E-state index contributed by atoms with van der Waals surface area (Å²) in [5.74, 6) is 0. The first-order chi connectivity index (χ1) is 8.76. The molecule has 2 heteroatoms. The summed E-state index contributed by atoms with van der Waals surface area (Å²) in [4.78, 5) is 5.33. The maximum atomic E-state index is 2.75. The third-order valence-electron chi connectivity index (χ3n) is 4.90. The van der Waals surface area contributed by atoms with Crippen LogP contribution in [0.25, 0.3) is 0 Å². The van der Waals surface area contributed by atoms with Gasteiger partial charge in [-0.2, -0.15) is 0 Å². The molecule has 1 aromatic rings. The molecule has 0 N–H and O–H groups in total. The maximum absolute atomic E-state index is 2.75. The molecule has 0 amide bonds. The Morgan fingerprint density at radius 2 is 1.83 bits per heavy atom. The molecule has 2 nitrogen and oxygen atoms in total. The summed E-state index contributed by atoms with van der Waals surface area (Å²) < 4.78 is 0. The summed E-state index contributed by atoms with van der Waals surface area (Å²) in [7, 11) is 2.30. The predicted molar refractivity (Wildman–Crippen MR) is 75.5 cm³/mol. The van der Waals surface area contributed by atoms with E-state index in [4.69, 9.17) is 0 Å². The third-order valence-corrected chi connectivity index (χ3v) is 4.90. The van der Waals surface area contributed by atoms with Gasteiger partial charge in [-0.15, -0.1) is 0 Å². The molecule has 1 fully saturated rings. The molecule has 0 bridgehead atoms. The molecule has 98 valence electrons. The molecular weight excluding hydrogens is 220 g/mol. The number of rotatable bonds is 2. The third kappa shape index (κ3) is 1.70. The van der Waals surface area contributed by atoms with E-state index in [-0.39, 0.29) is 0 Å². The number of fused-ring (bicyclic) bond motifs is 3. The summed E-state index contributed by atoms with van der Waals surface area (Å²) in [6, 6.07) is 11.1. The topological polar surface area (TPSA) is 6.48 Å². The van der Waals surface area contributed by atoms with Gasteiger partial charge in [0, 0.05) is 31.2 Å². The standard InChI is InChI=1S/C16H24N2/c1-4-14-15(5-2)18-10-12-8-6-7-9-13(12)16(18)11-17(14)3/h6-9,14-16H,4-5,10-11H2,1-3H3. The Bertz CT molecular complexity index is 429. The van der Waals surface area contributed by atoms with Gasteiger partial charge in [0.15, 0.2) is 0 Å². The maximum Gasteiger partial charge on any atom is 0.0485 e. The van der Waals surface area contributed by atoms with Gasteiger partial charge in [0.1, 0.15) is 0 Å². The van der Waals surface area contributed by atoms with Crippen molar-refractivity contribution in [2.75, 3.05) is 13.6 Å². The molecule has 1 aromatic carbocycles. The van der Waals surface area contributed by atoms with Crippen molar-refractivity contribution in [3.05, 3.63) is 35.4 Å². The van der Waals surface area contributed by atoms with Crippen molar-refractivity contribution in [1.82, 2.24) is 9.80 Å². The Hall–Kier alpha value is -0.860. The summed E-state index contributed by atoms with van der Waals surface area (Å²) in [6.45, 7) is 7.01. The lowest BCUT2D eigenvalue weighted by Gasteiger charge is -2.48. The van der Waals surface area contributed by atoms with Crippen LogP contribution in [-0.4, -0.2) is 35.5 Å². The van der Waals surface area contributed by atoms with Gasteiger partial charge in [-0.25, -0.2) is 0 Å². The van der Waals surface area contributed by atoms with Crippen LogP contribution >= 0.6 is 0 Å². The van der Waals surface area contributed by atoms with Gasteiger partial charge in [-0.05, 0) is 31.0 Å². The SMILES string of the molecule is CCC1C(CC)N2Cc3ccccc3C2CN1C. The van der Waals surface area contributed by atoms with Crippen molar-refractivity contribution in [2.24, 2.45) is 0 Å². The highest BCUT2D eigenvalue weighted by Crippen LogP contribution is 2.41. The Labute approximate surface area is 111 Å². The Balaban J connectivity index is 1.95. The summed E-state index contributed by atoms with van der Waals surface area (Å²) in [5, 5.41) is 0. The summed E-state index contributed by atoms with van der Waals surface area (Å²) in [5.41, 5.74) is 3.11. The van der Waals surface area contributed by atoms with Crippen molar-refractivity contribution in [3.8, 4) is 0 Å². The van der Waals surface area contributed by atoms with Crippen molar-refractivity contribution < 1.29 is 0 Å². The lowest BCUT2D eigenvalue weighted by atomic mass is 9.93. The fourth-order valence-corrected chi connectivity index (χ4v) is 4.05. The normalized spacial score (nSPS) is 32.3. The number of benzene rings is 1. The van der Waals surface area contributed by atoms with Crippen LogP contribution in [0.5, 0.6) is 0 Å². The average Bonchev–Trinajstić information content (AvgIpc) is 2.75. The van der Waals surface area contributed by atoms with E-state index >= 15 is 0 Å². The molecule has 0 aliphatic carbocycles. The molecule has 3 unspecified atom stereocenters. The lowest BCUT2D eigenvalue weighted by molar-refractivity contribution is -0.00830. The summed E-state index contributed by atoms with van der Waals surface area (Å²) >= 11 is 0. The monoisotopic (exact) mass is 244 g/mol. The number of hydrogen-bond acceptors (Lipinski definition) is 2. The van der Waals surface area contributed by atoms with Crippen LogP contribution in [0, 0.1) is 0 Å². The Kier molecular flexibility index (Phi) is 3.16. The zero-order valence-corrected chi connectivity index (χ0v) is 11.8. The van der Waals surface area contributed by atoms with Gasteiger partial charge in [0.25, 0.3) is 0 Å². The first kappa shape index (κ1) is 12.2. The summed E-state index contributed by atoms with van der Waals surface area (Å²) in [6.07, 6.45) is 2.52. The molecule has 1 saturated heterocycles. The number of nitrogens with zero attached hydrogens (tertiary/aromatic N) is 2. The number of likely N-dealkylation sites (N-methyl/N-ethyl adjacent to an activating group) is 1. The first-order valence-corrected chi connectivity index (χ1v) is 7.30. The highest BCUT2D eigenvalue weighted by molar-refractivity contribution is 5.35. The molecule has 2 heterocycles. The van der Waals surface area contributed by atoms with E-state index in [1.54, 1.807) is 11.1 Å². The minimum absolute atomic E-state index is 0.624. The second-order valence-corrected chi connectivity index (χ2v) is 5.78. The van der Waals surface area contributed by atoms with E-state index in [0.717, 1.165) is 12.6 Å². The Morgan fingerprint density at radius 1 is 1.11 bits per heavy atom. The zero-order valence-electron chi connectivity index (χ0n) is 11.8. The highest BCUT2D eigenvalue weighted by Gasteiger charge is 2.42. The zero-order chi connectivity index (χ0) is 12.7. The molecular formula is C16H24N2. The van der Waals surface area contributed by atoms with Crippen molar-refractivity contribution in [3.63, 3.8) is 0 Å². The van der Waals surface area contributed by atoms with E-state index in [1.807, 2.05) is 0 Å². The molecule has 2 aliphatic rings. The van der Waals surface area contributed by atoms with Crippen molar-refractivity contribution in [2.45, 2.75) is 51.4 Å². The first-order valence-electron chi connectivity index (χ1n) is 7.30. The van der Waals surface area contributed by atoms with Crippen molar-refractivity contribution >= 4 is 0 Å². The van der Waals surface area contributed by atoms with Gasteiger partial charge in [-0.1, -0.05) is 38.1 Å². The molecule has 0 aromatic heterocycles. The van der Waals surface area contributed by atoms with Gasteiger partial charge in [0.2, 0.25) is 0 Å². The van der Waals surface area contributed by atoms with E-state index in [1.165, 1.54) is 19.4 Å². The van der Waals surface area contributed by atoms with Crippen LogP contribution in [0.3, 0.4) is 0 Å². The molecule has 3 rings (SSSR count). The largest absolute Gasteiger partial charge is 0.300 e. The average molecular weight is 244 g/mol. The van der Waals surface area contributed by atoms with E-state index < -0.39 is 0 Å². The molecule has 18 heavy (non-hydrogen) atoms. The van der Waals surface area contributed by atoms with E-state index in [2.05, 4.69) is 55.0 Å². The second-order valence-electron chi connectivity index (χ2n) is 5.78. The van der Waals surface area contributed by atoms with Crippen molar-refractivity contribution in [1.29, 1.82) is 0 Å². The fourth-order valence-electron chi connectivity index (χ4n) is 4.05. The fraction of sp³-hybridized carbons (Fsp3) is 0.625. The van der Waals surface area contributed by atoms with Crippen LogP contribution in [0.15, 0.2) is 24.3 Å². The van der Waals surface area contributed by atoms with E-state index in [9.17, 15) is 0 Å². The minimum atomic E-state index is 0.624. The molecule has 0 radical (unpaired) electrons. The molecule has 3 atom stereocenters. The number of hydrogen-bond donors (Lipinski definition) is 0. The van der Waals surface area contributed by atoms with Gasteiger partial charge >= 0.3 is 0 Å². The van der Waals surface area contributed by atoms with Crippen LogP contribution < -0.4 is 0 Å². The van der Waals surface area contributed by atoms with Crippen LogP contribution in [0.1, 0.15) is 43.9 Å². The van der Waals surface area contributed by atoms with Crippen LogP contribution in [0.4, 0.5) is 0 Å². The Morgan fingerprint density at radius 3 is 2.56 bits per heavy atom. The van der Waals surface area contributed by atoms with Gasteiger partial charge in [-0.3, -0.25) is 9.80 Å². The second kappa shape index (κ2) is 4.67. The lowest BCUT2D eigenvalue weighted by Crippen LogP contribution is -2.56. The molecule has 2 aliphatic heterocycles. The smallest absolute Gasteiger partial charge is 0.0485 e. The van der Waals surface area contributed by atoms with Crippen LogP contribution in [0.2, 0.25) is 0 Å². The molecule has 0 spiro atoms. The number of piperazine rings is 1. The van der Waals surface area contributed by atoms with E-state index in [0.29, 0.717) is 12.1 Å². The van der Waals surface area contributed by atoms with Gasteiger partial charge < -0.3 is 0 Å².